The Labute approximate surface area is 330 Å². The Bertz CT molecular complexity index is 581. The van der Waals surface area contributed by atoms with Gasteiger partial charge in [-0.2, -0.15) is 0 Å². The fourth-order valence-electron chi connectivity index (χ4n) is 1.60. The molecular formula is C24H56N12O4Pt2S4. The summed E-state index contributed by atoms with van der Waals surface area (Å²) in [5.74, 6) is 0. The molecule has 0 aromatic carbocycles. The average molecular weight is 1100 g/mol. The van der Waals surface area contributed by atoms with Crippen LogP contribution in [0.5, 0.6) is 0 Å². The van der Waals surface area contributed by atoms with Crippen LogP contribution in [0, 0.1) is 47.3 Å². The molecule has 22 heteroatoms. The molecule has 0 aliphatic heterocycles. The summed E-state index contributed by atoms with van der Waals surface area (Å²) in [6.07, 6.45) is 0. The molecule has 0 saturated carbocycles. The zero-order valence-electron chi connectivity index (χ0n) is 29.6. The quantitative estimate of drug-likeness (QED) is 0.201. The fourth-order valence-corrected chi connectivity index (χ4v) is 1.60. The molecule has 8 N–H and O–H groups in total. The minimum atomic E-state index is 0. The normalized spacial score (nSPS) is 6.09. The van der Waals surface area contributed by atoms with Crippen LogP contribution in [0.25, 0.3) is 0 Å². The Morgan fingerprint density at radius 2 is 0.326 bits per heavy atom. The van der Waals surface area contributed by atoms with Gasteiger partial charge in [0.2, 0.25) is 0 Å². The second-order valence-corrected chi connectivity index (χ2v) is 9.75. The van der Waals surface area contributed by atoms with Crippen molar-refractivity contribution in [2.75, 3.05) is 113 Å². The van der Waals surface area contributed by atoms with Crippen molar-refractivity contribution in [1.29, 1.82) is 21.0 Å². The molecule has 0 saturated heterocycles. The number of thiocarbonyl (C=S) groups is 4. The van der Waals surface area contributed by atoms with Gasteiger partial charge in [0.1, 0.15) is 0 Å². The predicted molar refractivity (Wildman–Crippen MR) is 194 cm³/mol. The first-order valence-corrected chi connectivity index (χ1v) is 12.3. The molecule has 0 unspecified atom stereocenters. The Kier molecular flexibility index (Phi) is 129. The maximum absolute atomic E-state index is 6.25. The SMILES string of the molecule is CN(C)C(=S)N(C)C.CN(C)C(=S)N(C)C.CN(C)C(=S)N(C)C.CN(C)C(=S)N(C)C.O.O.O.O.[C-]#N.[C-]#N.[C-]#N.[C-]#N.[Pt+2].[Pt+2]. The summed E-state index contributed by atoms with van der Waals surface area (Å²) >= 11 is 19.8. The molecular weight excluding hydrogens is 1040 g/mol. The van der Waals surface area contributed by atoms with E-state index in [1.54, 1.807) is 0 Å². The number of nitrogens with zero attached hydrogens (tertiary/aromatic N) is 12. The first-order chi connectivity index (χ1) is 18.2. The largest absolute Gasteiger partial charge is 2.00 e. The van der Waals surface area contributed by atoms with Gasteiger partial charge in [-0.05, 0) is 48.9 Å². The van der Waals surface area contributed by atoms with Crippen LogP contribution in [0.1, 0.15) is 0 Å². The Balaban J connectivity index is -0.0000000221. The second-order valence-electron chi connectivity index (χ2n) is 8.29. The summed E-state index contributed by atoms with van der Waals surface area (Å²) in [6.45, 7) is 19.0. The Morgan fingerprint density at radius 1 is 0.283 bits per heavy atom. The van der Waals surface area contributed by atoms with Gasteiger partial charge in [0.25, 0.3) is 0 Å². The van der Waals surface area contributed by atoms with Gasteiger partial charge in [0.05, 0.1) is 0 Å². The van der Waals surface area contributed by atoms with Crippen molar-refractivity contribution in [3.63, 3.8) is 0 Å². The van der Waals surface area contributed by atoms with Crippen LogP contribution in [0.15, 0.2) is 0 Å². The van der Waals surface area contributed by atoms with Crippen LogP contribution in [0.2, 0.25) is 0 Å². The molecule has 16 nitrogen and oxygen atoms in total. The van der Waals surface area contributed by atoms with E-state index in [-0.39, 0.29) is 64.0 Å². The van der Waals surface area contributed by atoms with Crippen molar-refractivity contribution in [3.05, 3.63) is 26.3 Å². The monoisotopic (exact) mass is 1090 g/mol. The molecule has 0 atom stereocenters. The van der Waals surface area contributed by atoms with Gasteiger partial charge in [-0.3, -0.25) is 0 Å². The summed E-state index contributed by atoms with van der Waals surface area (Å²) in [5, 5.41) is 28.4. The van der Waals surface area contributed by atoms with Crippen LogP contribution >= 0.6 is 48.9 Å². The zero-order valence-corrected chi connectivity index (χ0v) is 37.4. The van der Waals surface area contributed by atoms with Crippen molar-refractivity contribution >= 4 is 69.3 Å². The molecule has 0 aliphatic carbocycles. The number of rotatable bonds is 0. The summed E-state index contributed by atoms with van der Waals surface area (Å²) in [7, 11) is 30.9. The molecule has 0 fully saturated rings. The van der Waals surface area contributed by atoms with Gasteiger partial charge in [-0.15, -0.1) is 0 Å². The molecule has 0 radical (unpaired) electrons. The minimum absolute atomic E-state index is 0. The van der Waals surface area contributed by atoms with Gasteiger partial charge < -0.3 is 108 Å². The van der Waals surface area contributed by atoms with Crippen LogP contribution in [-0.4, -0.2) is 194 Å². The fraction of sp³-hybridized carbons (Fsp3) is 0.667. The molecule has 0 spiro atoms. The Hall–Kier alpha value is -2.06. The smallest absolute Gasteiger partial charge is 0.512 e. The molecule has 0 rings (SSSR count). The predicted octanol–water partition coefficient (Wildman–Crippen LogP) is -1.34. The van der Waals surface area contributed by atoms with Crippen LogP contribution in [0.4, 0.5) is 0 Å². The standard InChI is InChI=1S/4C5H12N2S.4CN.4H2O.2Pt/c4*1-6(2)5(8)7(3)4;4*1-2;;;;;;/h4*1-4H3;;;;;4*1H2;;/q;;;;4*-1;;;;;2*+2. The molecule has 0 amide bonds. The van der Waals surface area contributed by atoms with Gasteiger partial charge in [-0.1, -0.05) is 0 Å². The first-order valence-electron chi connectivity index (χ1n) is 10.7. The Morgan fingerprint density at radius 3 is 0.326 bits per heavy atom. The maximum Gasteiger partial charge on any atom is 2.00 e. The molecule has 0 bridgehead atoms. The van der Waals surface area contributed by atoms with Gasteiger partial charge >= 0.3 is 42.1 Å². The van der Waals surface area contributed by atoms with E-state index in [0.29, 0.717) is 0 Å². The van der Waals surface area contributed by atoms with Crippen LogP contribution < -0.4 is 0 Å². The number of hydrogen-bond acceptors (Lipinski definition) is 8. The minimum Gasteiger partial charge on any atom is -0.512 e. The van der Waals surface area contributed by atoms with Gasteiger partial charge in [0, 0.05) is 113 Å². The van der Waals surface area contributed by atoms with Crippen molar-refractivity contribution in [2.24, 2.45) is 0 Å². The topological polar surface area (TPSA) is 247 Å². The van der Waals surface area contributed by atoms with E-state index in [2.05, 4.69) is 0 Å². The summed E-state index contributed by atoms with van der Waals surface area (Å²) in [6, 6.07) is 0. The summed E-state index contributed by atoms with van der Waals surface area (Å²) in [4.78, 5) is 15.2. The van der Waals surface area contributed by atoms with Crippen molar-refractivity contribution in [1.82, 2.24) is 39.2 Å². The van der Waals surface area contributed by atoms with Crippen LogP contribution in [0.3, 0.4) is 0 Å². The zero-order chi connectivity index (χ0) is 34.9. The number of hydrogen-bond donors (Lipinski definition) is 0. The van der Waals surface area contributed by atoms with E-state index >= 15 is 0 Å². The maximum atomic E-state index is 6.25. The van der Waals surface area contributed by atoms with E-state index in [9.17, 15) is 0 Å². The van der Waals surface area contributed by atoms with E-state index in [4.69, 9.17) is 96.2 Å². The third-order valence-corrected chi connectivity index (χ3v) is 5.98. The van der Waals surface area contributed by atoms with E-state index in [0.717, 1.165) is 20.4 Å². The summed E-state index contributed by atoms with van der Waals surface area (Å²) in [5.41, 5.74) is 0. The average Bonchev–Trinajstić information content (AvgIpc) is 2.91. The summed E-state index contributed by atoms with van der Waals surface area (Å²) < 4.78 is 0. The first kappa shape index (κ1) is 90.4. The van der Waals surface area contributed by atoms with Crippen LogP contribution in [-0.2, 0) is 42.1 Å². The van der Waals surface area contributed by atoms with Gasteiger partial charge in [-0.25, -0.2) is 0 Å². The molecule has 0 aromatic heterocycles. The van der Waals surface area contributed by atoms with E-state index in [1.807, 2.05) is 152 Å². The molecule has 46 heavy (non-hydrogen) atoms. The van der Waals surface area contributed by atoms with Crippen molar-refractivity contribution in [2.45, 2.75) is 0 Å². The second kappa shape index (κ2) is 65.6. The molecule has 0 aromatic rings. The van der Waals surface area contributed by atoms with E-state index < -0.39 is 0 Å². The van der Waals surface area contributed by atoms with Gasteiger partial charge in [0.15, 0.2) is 20.4 Å². The van der Waals surface area contributed by atoms with Crippen molar-refractivity contribution in [3.8, 4) is 0 Å². The van der Waals surface area contributed by atoms with Crippen molar-refractivity contribution < 1.29 is 64.0 Å². The third-order valence-electron chi connectivity index (χ3n) is 3.06. The molecule has 280 valence electrons. The molecule has 0 aliphatic rings. The van der Waals surface area contributed by atoms with E-state index in [1.165, 1.54) is 0 Å². The third kappa shape index (κ3) is 78.4. The molecule has 0 heterocycles.